The van der Waals surface area contributed by atoms with Crippen molar-refractivity contribution in [3.8, 4) is 0 Å². The molecule has 0 spiro atoms. The summed E-state index contributed by atoms with van der Waals surface area (Å²) in [6.07, 6.45) is 0. The number of thiol groups is 2. The number of carbonyl (C=O) groups is 2. The fourth-order valence-electron chi connectivity index (χ4n) is 4.63. The monoisotopic (exact) mass is 546 g/mol. The summed E-state index contributed by atoms with van der Waals surface area (Å²) in [6.45, 7) is 0. The molecule has 6 aromatic carbocycles. The first kappa shape index (κ1) is 27.7. The van der Waals surface area contributed by atoms with Gasteiger partial charge in [-0.15, -0.1) is 0 Å². The summed E-state index contributed by atoms with van der Waals surface area (Å²) in [5.41, 5.74) is 5.99. The van der Waals surface area contributed by atoms with Crippen LogP contribution in [0.3, 0.4) is 0 Å². The number of amides is 2. The van der Waals surface area contributed by atoms with Gasteiger partial charge in [0.25, 0.3) is 10.5 Å². The van der Waals surface area contributed by atoms with Crippen molar-refractivity contribution < 1.29 is 62.4 Å². The van der Waals surface area contributed by atoms with Gasteiger partial charge in [0.15, 0.2) is 0 Å². The maximum Gasteiger partial charge on any atom is 1.00 e. The average Bonchev–Trinajstić information content (AvgIpc) is 2.86. The van der Waals surface area contributed by atoms with E-state index >= 15 is 0 Å². The zero-order valence-electron chi connectivity index (χ0n) is 21.1. The van der Waals surface area contributed by atoms with E-state index in [0.29, 0.717) is 0 Å². The molecule has 178 valence electrons. The Morgan fingerprint density at radius 2 is 0.892 bits per heavy atom. The standard InChI is InChI=1S/C29H19NOS.CH3NOS.K.H/c31-29(32)30(27-13-5-11-23-15-19-7-1-3-9-21(19)17-25(23)27)28-14-6-12-24-16-20-8-2-4-10-22(20)18-26(24)28;2-1(3)4;;/h1-18H,(H,31,32);(H3,2,3,4);;/q;;+1;-1. The molecule has 0 fully saturated rings. The number of primary amides is 1. The molecule has 0 saturated heterocycles. The van der Waals surface area contributed by atoms with Gasteiger partial charge in [-0.05, 0) is 68.7 Å². The zero-order chi connectivity index (χ0) is 25.2. The number of carbonyl (C=O) groups excluding carboxylic acids is 2. The second-order valence-corrected chi connectivity index (χ2v) is 9.17. The molecule has 0 unspecified atom stereocenters. The molecule has 0 atom stereocenters. The first-order valence-corrected chi connectivity index (χ1v) is 12.2. The average molecular weight is 547 g/mol. The van der Waals surface area contributed by atoms with Crippen molar-refractivity contribution in [1.29, 1.82) is 0 Å². The molecule has 37 heavy (non-hydrogen) atoms. The fraction of sp³-hybridized carbons (Fsp3) is 0. The van der Waals surface area contributed by atoms with E-state index in [-0.39, 0.29) is 58.1 Å². The van der Waals surface area contributed by atoms with Crippen LogP contribution >= 0.6 is 25.3 Å². The Bertz CT molecular complexity index is 1670. The second-order valence-electron chi connectivity index (χ2n) is 8.35. The number of hydrogen-bond acceptors (Lipinski definition) is 2. The Morgan fingerprint density at radius 1 is 0.568 bits per heavy atom. The Labute approximate surface area is 269 Å². The minimum Gasteiger partial charge on any atom is -1.00 e. The molecule has 0 aliphatic carbocycles. The quantitative estimate of drug-likeness (QED) is 0.150. The van der Waals surface area contributed by atoms with Gasteiger partial charge >= 0.3 is 51.4 Å². The van der Waals surface area contributed by atoms with Crippen molar-refractivity contribution >= 4 is 90.2 Å². The molecule has 2 amide bonds. The van der Waals surface area contributed by atoms with Crippen LogP contribution in [-0.4, -0.2) is 10.5 Å². The summed E-state index contributed by atoms with van der Waals surface area (Å²) >= 11 is 7.41. The van der Waals surface area contributed by atoms with Crippen LogP contribution in [0, 0.1) is 0 Å². The van der Waals surface area contributed by atoms with E-state index in [1.165, 1.54) is 10.8 Å². The van der Waals surface area contributed by atoms with Gasteiger partial charge < -0.3 is 7.16 Å². The van der Waals surface area contributed by atoms with Gasteiger partial charge in [0, 0.05) is 10.8 Å². The molecule has 0 aliphatic heterocycles. The third kappa shape index (κ3) is 5.88. The normalized spacial score (nSPS) is 10.5. The van der Waals surface area contributed by atoms with Crippen LogP contribution in [-0.2, 0) is 0 Å². The minimum absolute atomic E-state index is 0. The smallest absolute Gasteiger partial charge is 1.00 e. The molecule has 4 nitrogen and oxygen atoms in total. The van der Waals surface area contributed by atoms with E-state index < -0.39 is 5.24 Å². The minimum atomic E-state index is -0.639. The van der Waals surface area contributed by atoms with Gasteiger partial charge in [-0.25, -0.2) is 0 Å². The van der Waals surface area contributed by atoms with Crippen LogP contribution in [0.15, 0.2) is 109 Å². The van der Waals surface area contributed by atoms with Crippen molar-refractivity contribution in [3.05, 3.63) is 109 Å². The molecule has 0 radical (unpaired) electrons. The summed E-state index contributed by atoms with van der Waals surface area (Å²) in [7, 11) is 0. The van der Waals surface area contributed by atoms with E-state index in [1.54, 1.807) is 4.90 Å². The van der Waals surface area contributed by atoms with Crippen LogP contribution in [0.4, 0.5) is 21.0 Å². The van der Waals surface area contributed by atoms with Gasteiger partial charge in [-0.1, -0.05) is 98.1 Å². The number of anilines is 2. The summed E-state index contributed by atoms with van der Waals surface area (Å²) in [6, 6.07) is 37.4. The van der Waals surface area contributed by atoms with Crippen LogP contribution in [0.25, 0.3) is 43.1 Å². The van der Waals surface area contributed by atoms with E-state index in [1.807, 2.05) is 48.5 Å². The number of hydrogen-bond donors (Lipinski definition) is 3. The van der Waals surface area contributed by atoms with Crippen LogP contribution in [0.1, 0.15) is 1.43 Å². The molecule has 0 saturated carbocycles. The number of nitrogens with two attached hydrogens (primary N) is 1. The Morgan fingerprint density at radius 3 is 1.24 bits per heavy atom. The molecule has 6 aromatic rings. The van der Waals surface area contributed by atoms with Crippen molar-refractivity contribution in [2.75, 3.05) is 4.90 Å². The first-order valence-electron chi connectivity index (χ1n) is 11.3. The van der Waals surface area contributed by atoms with E-state index in [2.05, 4.69) is 91.7 Å². The number of nitrogens with zero attached hydrogens (tertiary/aromatic N) is 1. The number of rotatable bonds is 2. The van der Waals surface area contributed by atoms with E-state index in [4.69, 9.17) is 4.79 Å². The van der Waals surface area contributed by atoms with Crippen LogP contribution in [0.5, 0.6) is 0 Å². The third-order valence-corrected chi connectivity index (χ3v) is 6.32. The number of fused-ring (bicyclic) bond motifs is 4. The summed E-state index contributed by atoms with van der Waals surface area (Å²) in [5, 5.41) is 7.91. The SMILES string of the molecule is NC(=O)S.O=C(S)N(c1cccc2cc3ccccc3cc12)c1cccc2cc3ccccc3cc12.[H-].[K+]. The molecule has 0 aliphatic rings. The summed E-state index contributed by atoms with van der Waals surface area (Å²) < 4.78 is 0. The predicted molar refractivity (Wildman–Crippen MR) is 159 cm³/mol. The summed E-state index contributed by atoms with van der Waals surface area (Å²) in [4.78, 5) is 23.8. The molecule has 0 heterocycles. The van der Waals surface area contributed by atoms with Gasteiger partial charge in [-0.3, -0.25) is 14.5 Å². The second kappa shape index (κ2) is 12.0. The molecule has 2 N–H and O–H groups in total. The van der Waals surface area contributed by atoms with Crippen LogP contribution in [0.2, 0.25) is 0 Å². The van der Waals surface area contributed by atoms with Crippen molar-refractivity contribution in [2.45, 2.75) is 0 Å². The first-order chi connectivity index (χ1) is 17.4. The third-order valence-electron chi connectivity index (χ3n) is 6.12. The zero-order valence-corrected chi connectivity index (χ0v) is 25.0. The Hall–Kier alpha value is -2.36. The van der Waals surface area contributed by atoms with Gasteiger partial charge in [0.1, 0.15) is 0 Å². The largest absolute Gasteiger partial charge is 1.00 e. The molecule has 0 aromatic heterocycles. The topological polar surface area (TPSA) is 63.4 Å². The van der Waals surface area contributed by atoms with Gasteiger partial charge in [-0.2, -0.15) is 0 Å². The molecule has 7 heteroatoms. The summed E-state index contributed by atoms with van der Waals surface area (Å²) in [5.74, 6) is 0. The van der Waals surface area contributed by atoms with Crippen molar-refractivity contribution in [2.24, 2.45) is 5.73 Å². The predicted octanol–water partition coefficient (Wildman–Crippen LogP) is 5.60. The fourth-order valence-corrected chi connectivity index (χ4v) is 4.84. The van der Waals surface area contributed by atoms with Gasteiger partial charge in [0.05, 0.1) is 11.4 Å². The molecule has 6 rings (SSSR count). The van der Waals surface area contributed by atoms with Crippen LogP contribution < -0.4 is 62.0 Å². The molecule has 0 bridgehead atoms. The maximum atomic E-state index is 12.9. The van der Waals surface area contributed by atoms with E-state index in [0.717, 1.165) is 43.7 Å². The van der Waals surface area contributed by atoms with Crippen molar-refractivity contribution in [1.82, 2.24) is 0 Å². The van der Waals surface area contributed by atoms with Crippen molar-refractivity contribution in [3.63, 3.8) is 0 Å². The van der Waals surface area contributed by atoms with Gasteiger partial charge in [0.2, 0.25) is 0 Å². The number of benzene rings is 6. The Balaban J connectivity index is 0.000000625. The van der Waals surface area contributed by atoms with E-state index in [9.17, 15) is 4.79 Å². The Kier molecular flexibility index (Phi) is 8.97. The maximum absolute atomic E-state index is 12.9. The molecular weight excluding hydrogens is 524 g/mol. The molecular formula is C30H23KN2O2S2.